The van der Waals surface area contributed by atoms with E-state index in [1.807, 2.05) is 0 Å². The first-order valence-corrected chi connectivity index (χ1v) is 7.16. The lowest BCUT2D eigenvalue weighted by Crippen LogP contribution is -2.47. The summed E-state index contributed by atoms with van der Waals surface area (Å²) >= 11 is 6.04. The maximum atomic E-state index is 6.04. The van der Waals surface area contributed by atoms with Crippen LogP contribution < -0.4 is 4.90 Å². The van der Waals surface area contributed by atoms with Gasteiger partial charge in [0.05, 0.1) is 19.3 Å². The van der Waals surface area contributed by atoms with Crippen LogP contribution in [0.4, 0.5) is 5.82 Å². The second-order valence-electron chi connectivity index (χ2n) is 4.91. The van der Waals surface area contributed by atoms with E-state index < -0.39 is 0 Å². The molecule has 0 spiro atoms. The molecule has 1 unspecified atom stereocenters. The number of hydrogen-bond donors (Lipinski definition) is 0. The molecule has 0 aromatic carbocycles. The van der Waals surface area contributed by atoms with Crippen molar-refractivity contribution in [2.24, 2.45) is 0 Å². The van der Waals surface area contributed by atoms with Crippen LogP contribution in [-0.4, -0.2) is 41.6 Å². The third-order valence-electron chi connectivity index (χ3n) is 3.78. The Bertz CT molecular complexity index is 427. The maximum absolute atomic E-state index is 6.04. The average Bonchev–Trinajstić information content (AvgIpc) is 2.46. The van der Waals surface area contributed by atoms with Gasteiger partial charge in [0.1, 0.15) is 12.1 Å². The summed E-state index contributed by atoms with van der Waals surface area (Å²) in [5.74, 6) is 1.67. The Balaban J connectivity index is 1.95. The topological polar surface area (TPSA) is 38.2 Å². The number of rotatable bonds is 2. The fourth-order valence-corrected chi connectivity index (χ4v) is 3.07. The molecule has 1 aromatic rings. The molecule has 0 radical (unpaired) electrons. The standard InChI is InChI=1S/C13H18ClN3O/c14-7-10-8-18-6-5-17(10)13-11-3-1-2-4-12(11)15-9-16-13/h9-10H,1-8H2. The quantitative estimate of drug-likeness (QED) is 0.766. The molecule has 5 heteroatoms. The Hall–Kier alpha value is -0.870. The third-order valence-corrected chi connectivity index (χ3v) is 4.14. The van der Waals surface area contributed by atoms with E-state index in [4.69, 9.17) is 16.3 Å². The molecule has 1 aromatic heterocycles. The van der Waals surface area contributed by atoms with Gasteiger partial charge < -0.3 is 9.64 Å². The molecule has 3 rings (SSSR count). The number of ether oxygens (including phenoxy) is 1. The van der Waals surface area contributed by atoms with Crippen molar-refractivity contribution in [3.05, 3.63) is 17.6 Å². The van der Waals surface area contributed by atoms with Gasteiger partial charge in [-0.05, 0) is 25.7 Å². The number of alkyl halides is 1. The van der Waals surface area contributed by atoms with Crippen molar-refractivity contribution in [1.82, 2.24) is 9.97 Å². The molecule has 0 amide bonds. The van der Waals surface area contributed by atoms with Crippen LogP contribution in [0.15, 0.2) is 6.33 Å². The molecule has 1 aliphatic heterocycles. The number of aromatic nitrogens is 2. The van der Waals surface area contributed by atoms with Crippen LogP contribution in [0.2, 0.25) is 0 Å². The Labute approximate surface area is 112 Å². The Morgan fingerprint density at radius 2 is 2.22 bits per heavy atom. The highest BCUT2D eigenvalue weighted by molar-refractivity contribution is 6.18. The monoisotopic (exact) mass is 267 g/mol. The normalized spacial score (nSPS) is 23.8. The summed E-state index contributed by atoms with van der Waals surface area (Å²) in [7, 11) is 0. The largest absolute Gasteiger partial charge is 0.377 e. The highest BCUT2D eigenvalue weighted by Crippen LogP contribution is 2.29. The molecule has 1 atom stereocenters. The van der Waals surface area contributed by atoms with Crippen molar-refractivity contribution in [3.8, 4) is 0 Å². The van der Waals surface area contributed by atoms with E-state index in [0.717, 1.165) is 31.8 Å². The van der Waals surface area contributed by atoms with E-state index >= 15 is 0 Å². The van der Waals surface area contributed by atoms with Crippen LogP contribution in [-0.2, 0) is 17.6 Å². The zero-order valence-corrected chi connectivity index (χ0v) is 11.2. The van der Waals surface area contributed by atoms with Crippen molar-refractivity contribution >= 4 is 17.4 Å². The van der Waals surface area contributed by atoms with Crippen LogP contribution in [0.5, 0.6) is 0 Å². The van der Waals surface area contributed by atoms with E-state index in [2.05, 4.69) is 14.9 Å². The molecule has 0 bridgehead atoms. The van der Waals surface area contributed by atoms with Gasteiger partial charge >= 0.3 is 0 Å². The number of anilines is 1. The van der Waals surface area contributed by atoms with Crippen molar-refractivity contribution in [2.75, 3.05) is 30.5 Å². The lowest BCUT2D eigenvalue weighted by atomic mass is 9.96. The summed E-state index contributed by atoms with van der Waals surface area (Å²) in [5, 5.41) is 0. The third kappa shape index (κ3) is 2.19. The number of fused-ring (bicyclic) bond motifs is 1. The van der Waals surface area contributed by atoms with Crippen LogP contribution in [0, 0.1) is 0 Å². The SMILES string of the molecule is ClCC1COCCN1c1ncnc2c1CCCC2. The van der Waals surface area contributed by atoms with Gasteiger partial charge in [0.2, 0.25) is 0 Å². The molecular weight excluding hydrogens is 250 g/mol. The highest BCUT2D eigenvalue weighted by Gasteiger charge is 2.27. The number of nitrogens with zero attached hydrogens (tertiary/aromatic N) is 3. The molecule has 2 aliphatic rings. The fraction of sp³-hybridized carbons (Fsp3) is 0.692. The first-order chi connectivity index (χ1) is 8.90. The van der Waals surface area contributed by atoms with Crippen LogP contribution in [0.25, 0.3) is 0 Å². The zero-order valence-electron chi connectivity index (χ0n) is 10.4. The van der Waals surface area contributed by atoms with Gasteiger partial charge in [0.15, 0.2) is 0 Å². The van der Waals surface area contributed by atoms with Crippen LogP contribution >= 0.6 is 11.6 Å². The lowest BCUT2D eigenvalue weighted by molar-refractivity contribution is 0.0992. The Morgan fingerprint density at radius 1 is 1.33 bits per heavy atom. The predicted molar refractivity (Wildman–Crippen MR) is 71.3 cm³/mol. The van der Waals surface area contributed by atoms with Crippen LogP contribution in [0.1, 0.15) is 24.1 Å². The molecule has 2 heterocycles. The van der Waals surface area contributed by atoms with Crippen molar-refractivity contribution in [1.29, 1.82) is 0 Å². The molecular formula is C13H18ClN3O. The zero-order chi connectivity index (χ0) is 12.4. The first-order valence-electron chi connectivity index (χ1n) is 6.63. The average molecular weight is 268 g/mol. The minimum absolute atomic E-state index is 0.237. The number of aryl methyl sites for hydroxylation is 1. The van der Waals surface area contributed by atoms with Gasteiger partial charge in [-0.15, -0.1) is 11.6 Å². The van der Waals surface area contributed by atoms with E-state index in [9.17, 15) is 0 Å². The molecule has 1 saturated heterocycles. The summed E-state index contributed by atoms with van der Waals surface area (Å²) in [6.07, 6.45) is 6.35. The summed E-state index contributed by atoms with van der Waals surface area (Å²) in [4.78, 5) is 11.2. The van der Waals surface area contributed by atoms with Gasteiger partial charge in [-0.3, -0.25) is 0 Å². The summed E-state index contributed by atoms with van der Waals surface area (Å²) in [6.45, 7) is 2.33. The lowest BCUT2D eigenvalue weighted by Gasteiger charge is -2.37. The van der Waals surface area contributed by atoms with Gasteiger partial charge in [-0.2, -0.15) is 0 Å². The molecule has 0 N–H and O–H groups in total. The van der Waals surface area contributed by atoms with Gasteiger partial charge in [0.25, 0.3) is 0 Å². The van der Waals surface area contributed by atoms with Crippen molar-refractivity contribution in [2.45, 2.75) is 31.7 Å². The molecule has 0 saturated carbocycles. The van der Waals surface area contributed by atoms with E-state index in [1.165, 1.54) is 24.1 Å². The summed E-state index contributed by atoms with van der Waals surface area (Å²) < 4.78 is 5.50. The Kier molecular flexibility index (Phi) is 3.66. The van der Waals surface area contributed by atoms with Crippen molar-refractivity contribution < 1.29 is 4.74 Å². The minimum atomic E-state index is 0.237. The second kappa shape index (κ2) is 5.41. The van der Waals surface area contributed by atoms with Gasteiger partial charge in [0, 0.05) is 23.7 Å². The molecule has 4 nitrogen and oxygen atoms in total. The minimum Gasteiger partial charge on any atom is -0.377 e. The smallest absolute Gasteiger partial charge is 0.135 e. The van der Waals surface area contributed by atoms with E-state index in [-0.39, 0.29) is 6.04 Å². The molecule has 1 aliphatic carbocycles. The number of morpholine rings is 1. The first kappa shape index (κ1) is 12.2. The second-order valence-corrected chi connectivity index (χ2v) is 5.21. The molecule has 98 valence electrons. The highest BCUT2D eigenvalue weighted by atomic mass is 35.5. The number of halogens is 1. The summed E-state index contributed by atoms with van der Waals surface area (Å²) in [6, 6.07) is 0.237. The summed E-state index contributed by atoms with van der Waals surface area (Å²) in [5.41, 5.74) is 2.56. The van der Waals surface area contributed by atoms with Crippen molar-refractivity contribution in [3.63, 3.8) is 0 Å². The van der Waals surface area contributed by atoms with E-state index in [0.29, 0.717) is 12.5 Å². The molecule has 18 heavy (non-hydrogen) atoms. The maximum Gasteiger partial charge on any atom is 0.135 e. The molecule has 1 fully saturated rings. The van der Waals surface area contributed by atoms with Gasteiger partial charge in [-0.1, -0.05) is 0 Å². The number of hydrogen-bond acceptors (Lipinski definition) is 4. The van der Waals surface area contributed by atoms with E-state index in [1.54, 1.807) is 6.33 Å². The van der Waals surface area contributed by atoms with Gasteiger partial charge in [-0.25, -0.2) is 9.97 Å². The van der Waals surface area contributed by atoms with Crippen LogP contribution in [0.3, 0.4) is 0 Å². The fourth-order valence-electron chi connectivity index (χ4n) is 2.81. The predicted octanol–water partition coefficient (Wildman–Crippen LogP) is 1.80. The Morgan fingerprint density at radius 3 is 3.11 bits per heavy atom.